The second kappa shape index (κ2) is 8.12. The molecular formula is C20H25N3O2. The van der Waals surface area contributed by atoms with Gasteiger partial charge in [0.25, 0.3) is 0 Å². The van der Waals surface area contributed by atoms with Crippen molar-refractivity contribution in [2.75, 3.05) is 0 Å². The van der Waals surface area contributed by atoms with E-state index >= 15 is 0 Å². The summed E-state index contributed by atoms with van der Waals surface area (Å²) >= 11 is 0. The van der Waals surface area contributed by atoms with Crippen molar-refractivity contribution >= 4 is 12.0 Å². The maximum absolute atomic E-state index is 12.1. The summed E-state index contributed by atoms with van der Waals surface area (Å²) in [6.45, 7) is 2.83. The zero-order valence-electron chi connectivity index (χ0n) is 14.5. The number of carbonyl (C=O) groups is 1. The van der Waals surface area contributed by atoms with Crippen LogP contribution in [0, 0.1) is 12.8 Å². The van der Waals surface area contributed by atoms with E-state index in [1.165, 1.54) is 5.56 Å². The minimum atomic E-state index is -0.481. The SMILES string of the molecule is Cc1ccc(/C=C/CC(=O)N[C@@H]2CC(Cn3cccn3)C[C@H]2O)cc1. The predicted molar refractivity (Wildman–Crippen MR) is 97.7 cm³/mol. The van der Waals surface area contributed by atoms with E-state index < -0.39 is 6.10 Å². The fraction of sp³-hybridized carbons (Fsp3) is 0.400. The number of hydrogen-bond acceptors (Lipinski definition) is 3. The lowest BCUT2D eigenvalue weighted by molar-refractivity contribution is -0.121. The highest BCUT2D eigenvalue weighted by Crippen LogP contribution is 2.27. The number of hydrogen-bond donors (Lipinski definition) is 2. The molecule has 1 aromatic carbocycles. The largest absolute Gasteiger partial charge is 0.391 e. The summed E-state index contributed by atoms with van der Waals surface area (Å²) in [4.78, 5) is 12.1. The van der Waals surface area contributed by atoms with Crippen LogP contribution in [0.1, 0.15) is 30.4 Å². The third kappa shape index (κ3) is 5.03. The van der Waals surface area contributed by atoms with Crippen LogP contribution in [0.5, 0.6) is 0 Å². The van der Waals surface area contributed by atoms with Crippen LogP contribution in [0.15, 0.2) is 48.8 Å². The number of benzene rings is 1. The molecule has 1 unspecified atom stereocenters. The van der Waals surface area contributed by atoms with E-state index in [9.17, 15) is 9.90 Å². The number of rotatable bonds is 6. The number of aliphatic hydroxyl groups is 1. The minimum absolute atomic E-state index is 0.0489. The molecule has 0 bridgehead atoms. The molecule has 1 heterocycles. The van der Waals surface area contributed by atoms with Gasteiger partial charge in [-0.15, -0.1) is 0 Å². The molecule has 0 spiro atoms. The van der Waals surface area contributed by atoms with E-state index in [2.05, 4.69) is 10.4 Å². The molecule has 2 N–H and O–H groups in total. The van der Waals surface area contributed by atoms with Crippen LogP contribution in [0.4, 0.5) is 0 Å². The summed E-state index contributed by atoms with van der Waals surface area (Å²) in [5.74, 6) is 0.287. The Hall–Kier alpha value is -2.40. The number of aliphatic hydroxyl groups excluding tert-OH is 1. The van der Waals surface area contributed by atoms with Crippen molar-refractivity contribution in [3.63, 3.8) is 0 Å². The molecule has 25 heavy (non-hydrogen) atoms. The number of amides is 1. The van der Waals surface area contributed by atoms with Gasteiger partial charge in [0.1, 0.15) is 0 Å². The van der Waals surface area contributed by atoms with Crippen LogP contribution >= 0.6 is 0 Å². The Bertz CT molecular complexity index is 707. The molecule has 0 aliphatic heterocycles. The highest BCUT2D eigenvalue weighted by atomic mass is 16.3. The quantitative estimate of drug-likeness (QED) is 0.850. The van der Waals surface area contributed by atoms with Gasteiger partial charge in [-0.1, -0.05) is 42.0 Å². The maximum atomic E-state index is 12.1. The smallest absolute Gasteiger partial charge is 0.224 e. The first-order valence-electron chi connectivity index (χ1n) is 8.78. The molecule has 1 aliphatic carbocycles. The second-order valence-electron chi connectivity index (χ2n) is 6.82. The van der Waals surface area contributed by atoms with Gasteiger partial charge in [0, 0.05) is 25.4 Å². The molecule has 1 aliphatic rings. The molecular weight excluding hydrogens is 314 g/mol. The number of nitrogens with zero attached hydrogens (tertiary/aromatic N) is 2. The van der Waals surface area contributed by atoms with Gasteiger partial charge in [-0.25, -0.2) is 0 Å². The van der Waals surface area contributed by atoms with Gasteiger partial charge in [0.2, 0.25) is 5.91 Å². The van der Waals surface area contributed by atoms with Crippen LogP contribution in [-0.2, 0) is 11.3 Å². The fourth-order valence-corrected chi connectivity index (χ4v) is 3.34. The topological polar surface area (TPSA) is 67.2 Å². The first kappa shape index (κ1) is 17.4. The Morgan fingerprint density at radius 2 is 2.16 bits per heavy atom. The lowest BCUT2D eigenvalue weighted by Crippen LogP contribution is -2.39. The third-order valence-electron chi connectivity index (χ3n) is 4.67. The minimum Gasteiger partial charge on any atom is -0.391 e. The number of aryl methyl sites for hydroxylation is 1. The second-order valence-corrected chi connectivity index (χ2v) is 6.82. The Labute approximate surface area is 148 Å². The monoisotopic (exact) mass is 339 g/mol. The lowest BCUT2D eigenvalue weighted by atomic mass is 10.1. The first-order chi connectivity index (χ1) is 12.1. The Kier molecular flexibility index (Phi) is 5.66. The van der Waals surface area contributed by atoms with Gasteiger partial charge in [-0.3, -0.25) is 9.48 Å². The number of nitrogens with one attached hydrogen (secondary N) is 1. The van der Waals surface area contributed by atoms with E-state index in [1.54, 1.807) is 6.20 Å². The highest BCUT2D eigenvalue weighted by molar-refractivity contribution is 5.78. The summed E-state index contributed by atoms with van der Waals surface area (Å²) in [5, 5.41) is 17.4. The Balaban J connectivity index is 1.45. The summed E-state index contributed by atoms with van der Waals surface area (Å²) in [7, 11) is 0. The molecule has 0 saturated heterocycles. The molecule has 1 aromatic heterocycles. The van der Waals surface area contributed by atoms with Crippen LogP contribution < -0.4 is 5.32 Å². The maximum Gasteiger partial charge on any atom is 0.224 e. The summed E-state index contributed by atoms with van der Waals surface area (Å²) in [5.41, 5.74) is 2.30. The van der Waals surface area contributed by atoms with Gasteiger partial charge in [-0.2, -0.15) is 5.10 Å². The molecule has 1 saturated carbocycles. The van der Waals surface area contributed by atoms with E-state index in [0.29, 0.717) is 18.8 Å². The average molecular weight is 339 g/mol. The molecule has 3 atom stereocenters. The van der Waals surface area contributed by atoms with Crippen LogP contribution in [0.2, 0.25) is 0 Å². The van der Waals surface area contributed by atoms with Gasteiger partial charge >= 0.3 is 0 Å². The molecule has 5 heteroatoms. The van der Waals surface area contributed by atoms with Gasteiger partial charge in [-0.05, 0) is 37.3 Å². The molecule has 132 valence electrons. The number of carbonyl (C=O) groups excluding carboxylic acids is 1. The Morgan fingerprint density at radius 3 is 2.88 bits per heavy atom. The summed E-state index contributed by atoms with van der Waals surface area (Å²) in [6.07, 6.45) is 8.82. The van der Waals surface area contributed by atoms with Gasteiger partial charge in [0.15, 0.2) is 0 Å². The zero-order chi connectivity index (χ0) is 17.6. The van der Waals surface area contributed by atoms with E-state index in [1.807, 2.05) is 60.3 Å². The van der Waals surface area contributed by atoms with Crippen molar-refractivity contribution in [1.82, 2.24) is 15.1 Å². The van der Waals surface area contributed by atoms with E-state index in [-0.39, 0.29) is 11.9 Å². The molecule has 3 rings (SSSR count). The average Bonchev–Trinajstić information content (AvgIpc) is 3.20. The fourth-order valence-electron chi connectivity index (χ4n) is 3.34. The zero-order valence-corrected chi connectivity index (χ0v) is 14.5. The molecule has 2 aromatic rings. The lowest BCUT2D eigenvalue weighted by Gasteiger charge is -2.15. The third-order valence-corrected chi connectivity index (χ3v) is 4.67. The molecule has 1 amide bonds. The van der Waals surface area contributed by atoms with E-state index in [0.717, 1.165) is 18.5 Å². The predicted octanol–water partition coefficient (Wildman–Crippen LogP) is 2.55. The normalized spacial score (nSPS) is 23.2. The Morgan fingerprint density at radius 1 is 1.36 bits per heavy atom. The van der Waals surface area contributed by atoms with Gasteiger partial charge < -0.3 is 10.4 Å². The van der Waals surface area contributed by atoms with Crippen molar-refractivity contribution < 1.29 is 9.90 Å². The van der Waals surface area contributed by atoms with Crippen molar-refractivity contribution in [1.29, 1.82) is 0 Å². The highest BCUT2D eigenvalue weighted by Gasteiger charge is 2.33. The van der Waals surface area contributed by atoms with Crippen LogP contribution in [0.3, 0.4) is 0 Å². The first-order valence-corrected chi connectivity index (χ1v) is 8.78. The summed E-state index contributed by atoms with van der Waals surface area (Å²) in [6, 6.07) is 9.89. The van der Waals surface area contributed by atoms with Crippen molar-refractivity contribution in [2.24, 2.45) is 5.92 Å². The van der Waals surface area contributed by atoms with Crippen molar-refractivity contribution in [3.8, 4) is 0 Å². The summed E-state index contributed by atoms with van der Waals surface area (Å²) < 4.78 is 1.88. The standard InChI is InChI=1S/C20H25N3O2/c1-15-6-8-16(9-7-15)4-2-5-20(25)22-18-12-17(13-19(18)24)14-23-11-3-10-21-23/h2-4,6-11,17-19,24H,5,12-14H2,1H3,(H,22,25)/b4-2+/t17?,18-,19-/m1/s1. The molecule has 0 radical (unpaired) electrons. The van der Waals surface area contributed by atoms with Crippen LogP contribution in [0.25, 0.3) is 6.08 Å². The van der Waals surface area contributed by atoms with Crippen molar-refractivity contribution in [2.45, 2.75) is 44.9 Å². The van der Waals surface area contributed by atoms with Crippen LogP contribution in [-0.4, -0.2) is 32.9 Å². The molecule has 5 nitrogen and oxygen atoms in total. The number of aromatic nitrogens is 2. The van der Waals surface area contributed by atoms with E-state index in [4.69, 9.17) is 0 Å². The molecule has 1 fully saturated rings. The van der Waals surface area contributed by atoms with Gasteiger partial charge in [0.05, 0.1) is 12.1 Å². The van der Waals surface area contributed by atoms with Crippen molar-refractivity contribution in [3.05, 3.63) is 59.9 Å².